The Hall–Kier alpha value is -3.99. The number of carbonyl (C=O) groups is 2. The number of hydrogen-bond donors (Lipinski definition) is 1. The van der Waals surface area contributed by atoms with Gasteiger partial charge in [0.1, 0.15) is 0 Å². The van der Waals surface area contributed by atoms with Gasteiger partial charge in [0, 0.05) is 35.6 Å². The van der Waals surface area contributed by atoms with Crippen molar-refractivity contribution >= 4 is 34.5 Å². The number of rotatable bonds is 6. The van der Waals surface area contributed by atoms with Crippen molar-refractivity contribution in [2.45, 2.75) is 20.8 Å². The van der Waals surface area contributed by atoms with Crippen LogP contribution in [0.5, 0.6) is 0 Å². The van der Waals surface area contributed by atoms with Crippen molar-refractivity contribution < 1.29 is 9.59 Å². The van der Waals surface area contributed by atoms with E-state index in [1.807, 2.05) is 43.3 Å². The van der Waals surface area contributed by atoms with Crippen LogP contribution in [0, 0.1) is 6.92 Å². The van der Waals surface area contributed by atoms with Gasteiger partial charge in [0.25, 0.3) is 5.91 Å². The summed E-state index contributed by atoms with van der Waals surface area (Å²) < 4.78 is 0. The first-order chi connectivity index (χ1) is 16.0. The van der Waals surface area contributed by atoms with E-state index < -0.39 is 5.91 Å². The second-order valence-electron chi connectivity index (χ2n) is 7.89. The first kappa shape index (κ1) is 22.2. The molecule has 1 aliphatic carbocycles. The normalized spacial score (nSPS) is 14.0. The molecule has 0 saturated carbocycles. The quantitative estimate of drug-likeness (QED) is 0.502. The topological polar surface area (TPSA) is 61.8 Å². The number of benzene rings is 3. The fourth-order valence-corrected chi connectivity index (χ4v) is 3.99. The molecule has 0 spiro atoms. The second-order valence-corrected chi connectivity index (χ2v) is 7.89. The average molecular weight is 438 g/mol. The van der Waals surface area contributed by atoms with E-state index in [4.69, 9.17) is 4.99 Å². The largest absolute Gasteiger partial charge is 0.372 e. The van der Waals surface area contributed by atoms with Gasteiger partial charge >= 0.3 is 0 Å². The van der Waals surface area contributed by atoms with Crippen LogP contribution in [0.1, 0.15) is 35.3 Å². The molecular formula is C28H27N3O2. The van der Waals surface area contributed by atoms with Gasteiger partial charge in [-0.15, -0.1) is 0 Å². The highest BCUT2D eigenvalue weighted by atomic mass is 16.2. The number of aliphatic imine (C=N–C) groups is 1. The summed E-state index contributed by atoms with van der Waals surface area (Å²) in [4.78, 5) is 33.2. The average Bonchev–Trinajstić information content (AvgIpc) is 2.83. The molecule has 33 heavy (non-hydrogen) atoms. The summed E-state index contributed by atoms with van der Waals surface area (Å²) in [5, 5.41) is 2.81. The van der Waals surface area contributed by atoms with E-state index in [0.29, 0.717) is 17.0 Å². The smallest absolute Gasteiger partial charge is 0.259 e. The molecule has 1 aliphatic rings. The molecule has 1 N–H and O–H groups in total. The fraction of sp³-hybridized carbons (Fsp3) is 0.179. The minimum absolute atomic E-state index is 0.0775. The molecule has 5 heteroatoms. The van der Waals surface area contributed by atoms with Crippen molar-refractivity contribution in [3.63, 3.8) is 0 Å². The van der Waals surface area contributed by atoms with Crippen LogP contribution in [0.2, 0.25) is 0 Å². The number of hydrogen-bond acceptors (Lipinski definition) is 4. The summed E-state index contributed by atoms with van der Waals surface area (Å²) in [6.07, 6.45) is 1.60. The summed E-state index contributed by atoms with van der Waals surface area (Å²) in [6.45, 7) is 8.16. The highest BCUT2D eigenvalue weighted by Crippen LogP contribution is 2.29. The number of carbonyl (C=O) groups excluding carboxylic acids is 2. The van der Waals surface area contributed by atoms with E-state index in [0.717, 1.165) is 35.6 Å². The van der Waals surface area contributed by atoms with E-state index in [1.54, 1.807) is 30.3 Å². The second kappa shape index (κ2) is 9.65. The van der Waals surface area contributed by atoms with Gasteiger partial charge < -0.3 is 10.2 Å². The van der Waals surface area contributed by atoms with E-state index in [2.05, 4.69) is 36.2 Å². The van der Waals surface area contributed by atoms with Crippen molar-refractivity contribution in [2.24, 2.45) is 4.99 Å². The minimum atomic E-state index is -0.443. The Morgan fingerprint density at radius 1 is 0.909 bits per heavy atom. The van der Waals surface area contributed by atoms with Crippen molar-refractivity contribution in [1.29, 1.82) is 0 Å². The Labute approximate surface area is 194 Å². The molecule has 4 rings (SSSR count). The van der Waals surface area contributed by atoms with Gasteiger partial charge in [0.2, 0.25) is 0 Å². The monoisotopic (exact) mass is 437 g/mol. The fourth-order valence-electron chi connectivity index (χ4n) is 3.99. The van der Waals surface area contributed by atoms with Crippen LogP contribution < -0.4 is 10.2 Å². The lowest BCUT2D eigenvalue weighted by molar-refractivity contribution is -0.112. The van der Waals surface area contributed by atoms with Gasteiger partial charge in [0.15, 0.2) is 5.78 Å². The summed E-state index contributed by atoms with van der Waals surface area (Å²) >= 11 is 0. The number of nitrogens with one attached hydrogen (secondary N) is 1. The minimum Gasteiger partial charge on any atom is -0.372 e. The SMILES string of the molecule is CCN(CC)c1ccc(N=C2C=C(C(=O)Nc3ccccc3)C(=O)c3ccccc32)c(C)c1. The van der Waals surface area contributed by atoms with E-state index in [9.17, 15) is 9.59 Å². The van der Waals surface area contributed by atoms with Crippen LogP contribution in [0.3, 0.4) is 0 Å². The van der Waals surface area contributed by atoms with Crippen molar-refractivity contribution in [1.82, 2.24) is 0 Å². The number of allylic oxidation sites excluding steroid dienone is 1. The zero-order chi connectivity index (χ0) is 23.4. The molecule has 0 bridgehead atoms. The van der Waals surface area contributed by atoms with Crippen molar-refractivity contribution in [3.05, 3.63) is 101 Å². The third kappa shape index (κ3) is 4.62. The molecule has 1 amide bonds. The van der Waals surface area contributed by atoms with E-state index in [1.165, 1.54) is 0 Å². The molecule has 5 nitrogen and oxygen atoms in total. The number of para-hydroxylation sites is 1. The van der Waals surface area contributed by atoms with E-state index in [-0.39, 0.29) is 11.4 Å². The molecule has 0 saturated heterocycles. The highest BCUT2D eigenvalue weighted by molar-refractivity contribution is 6.37. The highest BCUT2D eigenvalue weighted by Gasteiger charge is 2.28. The maximum Gasteiger partial charge on any atom is 0.259 e. The van der Waals surface area contributed by atoms with Gasteiger partial charge in [0.05, 0.1) is 17.0 Å². The van der Waals surface area contributed by atoms with Gasteiger partial charge in [-0.3, -0.25) is 9.59 Å². The first-order valence-electron chi connectivity index (χ1n) is 11.2. The van der Waals surface area contributed by atoms with Gasteiger partial charge in [-0.1, -0.05) is 42.5 Å². The number of amides is 1. The lowest BCUT2D eigenvalue weighted by atomic mass is 9.88. The Bertz CT molecular complexity index is 1260. The van der Waals surface area contributed by atoms with Gasteiger partial charge in [-0.25, -0.2) is 4.99 Å². The number of Topliss-reactive ketones (excluding diaryl/α,β-unsaturated/α-hetero) is 1. The first-order valence-corrected chi connectivity index (χ1v) is 11.2. The molecule has 0 unspecified atom stereocenters. The van der Waals surface area contributed by atoms with Crippen LogP contribution in [-0.2, 0) is 4.79 Å². The van der Waals surface area contributed by atoms with E-state index >= 15 is 0 Å². The molecule has 0 aliphatic heterocycles. The standard InChI is InChI=1S/C28H27N3O2/c1-4-31(5-2)21-15-16-25(19(3)17-21)30-26-18-24(27(32)23-14-10-9-13-22(23)26)28(33)29-20-11-7-6-8-12-20/h6-18H,4-5H2,1-3H3,(H,29,33). The van der Waals surface area contributed by atoms with Crippen LogP contribution in [0.4, 0.5) is 17.1 Å². The number of nitrogens with zero attached hydrogens (tertiary/aromatic N) is 2. The summed E-state index contributed by atoms with van der Waals surface area (Å²) in [5.41, 5.74) is 5.51. The Balaban J connectivity index is 1.75. The molecule has 3 aromatic carbocycles. The zero-order valence-corrected chi connectivity index (χ0v) is 19.1. The predicted molar refractivity (Wildman–Crippen MR) is 135 cm³/mol. The predicted octanol–water partition coefficient (Wildman–Crippen LogP) is 5.72. The van der Waals surface area contributed by atoms with Gasteiger partial charge in [-0.05, 0) is 62.7 Å². The number of ketones is 1. The third-order valence-electron chi connectivity index (χ3n) is 5.80. The summed E-state index contributed by atoms with van der Waals surface area (Å²) in [6, 6.07) is 22.6. The van der Waals surface area contributed by atoms with Crippen LogP contribution in [-0.4, -0.2) is 30.5 Å². The van der Waals surface area contributed by atoms with Crippen LogP contribution in [0.15, 0.2) is 89.4 Å². The molecule has 0 fully saturated rings. The third-order valence-corrected chi connectivity index (χ3v) is 5.80. The van der Waals surface area contributed by atoms with Crippen LogP contribution in [0.25, 0.3) is 0 Å². The Morgan fingerprint density at radius 3 is 2.24 bits per heavy atom. The Kier molecular flexibility index (Phi) is 6.50. The lowest BCUT2D eigenvalue weighted by Crippen LogP contribution is -2.26. The van der Waals surface area contributed by atoms with Crippen LogP contribution >= 0.6 is 0 Å². The number of anilines is 2. The molecule has 0 aromatic heterocycles. The number of aryl methyl sites for hydroxylation is 1. The summed E-state index contributed by atoms with van der Waals surface area (Å²) in [5.74, 6) is -0.742. The maximum atomic E-state index is 13.1. The molecule has 0 heterocycles. The molecule has 0 radical (unpaired) electrons. The van der Waals surface area contributed by atoms with Crippen molar-refractivity contribution in [3.8, 4) is 0 Å². The Morgan fingerprint density at radius 2 is 1.58 bits per heavy atom. The van der Waals surface area contributed by atoms with Crippen molar-refractivity contribution in [2.75, 3.05) is 23.3 Å². The molecule has 3 aromatic rings. The zero-order valence-electron chi connectivity index (χ0n) is 19.1. The lowest BCUT2D eigenvalue weighted by Gasteiger charge is -2.22. The molecular weight excluding hydrogens is 410 g/mol. The molecule has 166 valence electrons. The number of fused-ring (bicyclic) bond motifs is 1. The van der Waals surface area contributed by atoms with Gasteiger partial charge in [-0.2, -0.15) is 0 Å². The summed E-state index contributed by atoms with van der Waals surface area (Å²) in [7, 11) is 0. The molecule has 0 atom stereocenters. The maximum absolute atomic E-state index is 13.1.